The maximum atomic E-state index is 13.3. The van der Waals surface area contributed by atoms with Gasteiger partial charge in [0.05, 0.1) is 5.56 Å². The molecule has 0 spiro atoms. The molecule has 0 heterocycles. The first-order valence-corrected chi connectivity index (χ1v) is 13.3. The summed E-state index contributed by atoms with van der Waals surface area (Å²) >= 11 is 0. The fraction of sp³-hybridized carbons (Fsp3) is 0.517. The Morgan fingerprint density at radius 3 is 2.27 bits per heavy atom. The standard InChI is InChI=1S/C29H35F3N2O3/c30-29(31,32)22-11-7-10-20(17-22)24-18-21(14-15-26(24)35)27(36)34-25(16-19-8-3-1-4-9-19)28(37)33-23-12-5-2-6-13-23/h7,10-11,14-15,17-19,23,25,35H,1-6,8-9,12-13,16H2,(H,33,37)(H,34,36)/t25-/m0/s1. The first-order valence-electron chi connectivity index (χ1n) is 13.3. The number of benzene rings is 2. The van der Waals surface area contributed by atoms with Crippen LogP contribution in [0.2, 0.25) is 0 Å². The van der Waals surface area contributed by atoms with E-state index in [1.165, 1.54) is 43.2 Å². The Morgan fingerprint density at radius 1 is 0.919 bits per heavy atom. The highest BCUT2D eigenvalue weighted by Crippen LogP contribution is 2.35. The molecule has 0 aliphatic heterocycles. The Hall–Kier alpha value is -3.03. The molecule has 200 valence electrons. The smallest absolute Gasteiger partial charge is 0.416 e. The van der Waals surface area contributed by atoms with Crippen molar-refractivity contribution in [1.29, 1.82) is 0 Å². The number of rotatable bonds is 7. The normalized spacial score (nSPS) is 18.2. The zero-order valence-electron chi connectivity index (χ0n) is 20.9. The number of phenols is 1. The number of hydrogen-bond acceptors (Lipinski definition) is 3. The Kier molecular flexibility index (Phi) is 8.77. The summed E-state index contributed by atoms with van der Waals surface area (Å²) in [5.41, 5.74) is -0.402. The summed E-state index contributed by atoms with van der Waals surface area (Å²) < 4.78 is 39.6. The second-order valence-electron chi connectivity index (χ2n) is 10.4. The average Bonchev–Trinajstić information content (AvgIpc) is 2.89. The molecule has 37 heavy (non-hydrogen) atoms. The zero-order chi connectivity index (χ0) is 26.4. The molecule has 5 nitrogen and oxygen atoms in total. The molecule has 2 aliphatic rings. The van der Waals surface area contributed by atoms with Crippen molar-refractivity contribution in [3.8, 4) is 16.9 Å². The van der Waals surface area contributed by atoms with Crippen LogP contribution in [0.15, 0.2) is 42.5 Å². The molecule has 3 N–H and O–H groups in total. The Bertz CT molecular complexity index is 1090. The molecule has 0 radical (unpaired) electrons. The van der Waals surface area contributed by atoms with Gasteiger partial charge in [0.15, 0.2) is 0 Å². The molecule has 0 unspecified atom stereocenters. The van der Waals surface area contributed by atoms with Crippen molar-refractivity contribution < 1.29 is 27.9 Å². The lowest BCUT2D eigenvalue weighted by Crippen LogP contribution is -2.50. The van der Waals surface area contributed by atoms with Gasteiger partial charge in [-0.25, -0.2) is 0 Å². The van der Waals surface area contributed by atoms with Gasteiger partial charge < -0.3 is 15.7 Å². The second-order valence-corrected chi connectivity index (χ2v) is 10.4. The second kappa shape index (κ2) is 12.0. The van der Waals surface area contributed by atoms with Crippen LogP contribution < -0.4 is 10.6 Å². The third-order valence-electron chi connectivity index (χ3n) is 7.63. The van der Waals surface area contributed by atoms with Crippen molar-refractivity contribution in [3.63, 3.8) is 0 Å². The zero-order valence-corrected chi connectivity index (χ0v) is 20.9. The van der Waals surface area contributed by atoms with Gasteiger partial charge in [-0.05, 0) is 61.1 Å². The maximum Gasteiger partial charge on any atom is 0.416 e. The van der Waals surface area contributed by atoms with Crippen molar-refractivity contribution in [2.45, 2.75) is 88.9 Å². The van der Waals surface area contributed by atoms with Crippen LogP contribution in [0, 0.1) is 5.92 Å². The van der Waals surface area contributed by atoms with Crippen molar-refractivity contribution in [1.82, 2.24) is 10.6 Å². The minimum absolute atomic E-state index is 0.119. The monoisotopic (exact) mass is 516 g/mol. The van der Waals surface area contributed by atoms with Gasteiger partial charge in [0, 0.05) is 17.2 Å². The quantitative estimate of drug-likeness (QED) is 0.388. The van der Waals surface area contributed by atoms with Crippen LogP contribution in [-0.4, -0.2) is 29.0 Å². The van der Waals surface area contributed by atoms with Gasteiger partial charge in [0.1, 0.15) is 11.8 Å². The summed E-state index contributed by atoms with van der Waals surface area (Å²) in [6.07, 6.45) is 6.72. The van der Waals surface area contributed by atoms with E-state index < -0.39 is 23.7 Å². The number of alkyl halides is 3. The number of aromatic hydroxyl groups is 1. The van der Waals surface area contributed by atoms with E-state index in [0.717, 1.165) is 63.5 Å². The van der Waals surface area contributed by atoms with Crippen LogP contribution in [0.25, 0.3) is 11.1 Å². The Morgan fingerprint density at radius 2 is 1.59 bits per heavy atom. The number of hydrogen-bond donors (Lipinski definition) is 3. The molecule has 2 aliphatic carbocycles. The number of halogens is 3. The third kappa shape index (κ3) is 7.27. The van der Waals surface area contributed by atoms with Crippen LogP contribution in [0.4, 0.5) is 13.2 Å². The van der Waals surface area contributed by atoms with Gasteiger partial charge in [-0.15, -0.1) is 0 Å². The first kappa shape index (κ1) is 27.0. The third-order valence-corrected chi connectivity index (χ3v) is 7.63. The summed E-state index contributed by atoms with van der Waals surface area (Å²) in [6, 6.07) is 8.13. The number of nitrogens with one attached hydrogen (secondary N) is 2. The van der Waals surface area contributed by atoms with E-state index >= 15 is 0 Å². The summed E-state index contributed by atoms with van der Waals surface area (Å²) in [6.45, 7) is 0. The van der Waals surface area contributed by atoms with E-state index in [-0.39, 0.29) is 34.4 Å². The van der Waals surface area contributed by atoms with Crippen LogP contribution in [-0.2, 0) is 11.0 Å². The number of phenolic OH excluding ortho intramolecular Hbond substituents is 1. The molecule has 2 amide bonds. The molecule has 2 aromatic rings. The van der Waals surface area contributed by atoms with Crippen molar-refractivity contribution >= 4 is 11.8 Å². The molecule has 2 aromatic carbocycles. The maximum absolute atomic E-state index is 13.3. The summed E-state index contributed by atoms with van der Waals surface area (Å²) in [5.74, 6) is -0.545. The van der Waals surface area contributed by atoms with Crippen LogP contribution in [0.1, 0.15) is 86.6 Å². The number of carbonyl (C=O) groups excluding carboxylic acids is 2. The van der Waals surface area contributed by atoms with Crippen LogP contribution >= 0.6 is 0 Å². The van der Waals surface area contributed by atoms with E-state index in [1.54, 1.807) is 0 Å². The van der Waals surface area contributed by atoms with Gasteiger partial charge in [-0.3, -0.25) is 9.59 Å². The van der Waals surface area contributed by atoms with E-state index in [4.69, 9.17) is 0 Å². The Labute approximate surface area is 215 Å². The molecular weight excluding hydrogens is 481 g/mol. The lowest BCUT2D eigenvalue weighted by atomic mass is 9.84. The van der Waals surface area contributed by atoms with Gasteiger partial charge in [0.25, 0.3) is 5.91 Å². The summed E-state index contributed by atoms with van der Waals surface area (Å²) in [4.78, 5) is 26.5. The largest absolute Gasteiger partial charge is 0.507 e. The first-order chi connectivity index (χ1) is 17.7. The molecule has 2 saturated carbocycles. The number of amides is 2. The van der Waals surface area contributed by atoms with E-state index in [1.807, 2.05) is 0 Å². The molecule has 8 heteroatoms. The average molecular weight is 517 g/mol. The molecule has 2 fully saturated rings. The Balaban J connectivity index is 1.53. The van der Waals surface area contributed by atoms with Gasteiger partial charge in [0.2, 0.25) is 5.91 Å². The van der Waals surface area contributed by atoms with Crippen molar-refractivity contribution in [3.05, 3.63) is 53.6 Å². The van der Waals surface area contributed by atoms with Crippen LogP contribution in [0.3, 0.4) is 0 Å². The highest BCUT2D eigenvalue weighted by atomic mass is 19.4. The lowest BCUT2D eigenvalue weighted by Gasteiger charge is -2.29. The number of carbonyl (C=O) groups is 2. The summed E-state index contributed by atoms with van der Waals surface area (Å²) in [5, 5.41) is 16.4. The van der Waals surface area contributed by atoms with Crippen molar-refractivity contribution in [2.75, 3.05) is 0 Å². The van der Waals surface area contributed by atoms with Gasteiger partial charge in [-0.2, -0.15) is 13.2 Å². The molecule has 0 aromatic heterocycles. The fourth-order valence-corrected chi connectivity index (χ4v) is 5.55. The minimum atomic E-state index is -4.53. The molecule has 0 saturated heterocycles. The molecule has 0 bridgehead atoms. The topological polar surface area (TPSA) is 78.4 Å². The van der Waals surface area contributed by atoms with Gasteiger partial charge >= 0.3 is 6.18 Å². The SMILES string of the molecule is O=C(N[C@@H](CC1CCCCC1)C(=O)NC1CCCCC1)c1ccc(O)c(-c2cccc(C(F)(F)F)c2)c1. The lowest BCUT2D eigenvalue weighted by molar-refractivity contribution is -0.137. The highest BCUT2D eigenvalue weighted by Gasteiger charge is 2.31. The minimum Gasteiger partial charge on any atom is -0.507 e. The fourth-order valence-electron chi connectivity index (χ4n) is 5.55. The molecule has 4 rings (SSSR count). The van der Waals surface area contributed by atoms with Crippen molar-refractivity contribution in [2.24, 2.45) is 5.92 Å². The summed E-state index contributed by atoms with van der Waals surface area (Å²) in [7, 11) is 0. The predicted octanol–water partition coefficient (Wildman–Crippen LogP) is 6.60. The predicted molar refractivity (Wildman–Crippen MR) is 136 cm³/mol. The molecular formula is C29H35F3N2O3. The van der Waals surface area contributed by atoms with E-state index in [9.17, 15) is 27.9 Å². The molecule has 1 atom stereocenters. The van der Waals surface area contributed by atoms with Crippen LogP contribution in [0.5, 0.6) is 5.75 Å². The highest BCUT2D eigenvalue weighted by molar-refractivity contribution is 5.99. The van der Waals surface area contributed by atoms with Gasteiger partial charge in [-0.1, -0.05) is 63.5 Å². The van der Waals surface area contributed by atoms with E-state index in [2.05, 4.69) is 10.6 Å². The van der Waals surface area contributed by atoms with E-state index in [0.29, 0.717) is 12.3 Å².